The van der Waals surface area contributed by atoms with Crippen molar-refractivity contribution in [2.75, 3.05) is 0 Å². The first-order chi connectivity index (χ1) is 12.0. The van der Waals surface area contributed by atoms with Gasteiger partial charge in [-0.05, 0) is 56.6 Å². The van der Waals surface area contributed by atoms with E-state index in [9.17, 15) is 19.8 Å². The van der Waals surface area contributed by atoms with Gasteiger partial charge in [-0.3, -0.25) is 0 Å². The normalized spacial score (nSPS) is 11.5. The van der Waals surface area contributed by atoms with Crippen LogP contribution in [0.2, 0.25) is 0 Å². The third kappa shape index (κ3) is 19.5. The fourth-order valence-electron chi connectivity index (χ4n) is 2.76. The van der Waals surface area contributed by atoms with E-state index in [1.807, 2.05) is 0 Å². The quantitative estimate of drug-likeness (QED) is 0.125. The third-order valence-electron chi connectivity index (χ3n) is 4.44. The monoisotopic (exact) mass is 396 g/mol. The van der Waals surface area contributed by atoms with Crippen LogP contribution < -0.4 is 69.3 Å². The molecule has 0 fully saturated rings. The molecule has 0 aromatic rings. The molecule has 0 amide bonds. The number of carboxylic acids is 2. The number of aliphatic carboxylic acids is 2. The molecule has 0 bridgehead atoms. The van der Waals surface area contributed by atoms with E-state index in [1.165, 1.54) is 45.4 Å². The van der Waals surface area contributed by atoms with Crippen molar-refractivity contribution in [2.24, 2.45) is 0 Å². The standard InChI is InChI=1S/C21H36O4.2Na/c1-3-4-5-6-7-8-9-10-11-12-13-14-15-16-17-19(21(24)25)18(2)20(22)23;;/h10-11H,3-9,12-17H2,1-2H3,(H,22,23)(H,24,25);;/q;2*+1/p-2/b11-10-,19-18-;;. The van der Waals surface area contributed by atoms with Crippen LogP contribution in [0.4, 0.5) is 0 Å². The summed E-state index contributed by atoms with van der Waals surface area (Å²) in [6.45, 7) is 3.49. The summed E-state index contributed by atoms with van der Waals surface area (Å²) in [7, 11) is 0. The zero-order chi connectivity index (χ0) is 18.9. The van der Waals surface area contributed by atoms with Crippen LogP contribution in [0, 0.1) is 0 Å². The first-order valence-corrected chi connectivity index (χ1v) is 9.78. The molecule has 0 rings (SSSR count). The van der Waals surface area contributed by atoms with E-state index < -0.39 is 11.9 Å². The van der Waals surface area contributed by atoms with Crippen LogP contribution in [-0.2, 0) is 9.59 Å². The molecule has 4 nitrogen and oxygen atoms in total. The van der Waals surface area contributed by atoms with Gasteiger partial charge in [-0.25, -0.2) is 0 Å². The van der Waals surface area contributed by atoms with Gasteiger partial charge in [-0.2, -0.15) is 0 Å². The maximum atomic E-state index is 10.9. The van der Waals surface area contributed by atoms with Crippen molar-refractivity contribution in [3.05, 3.63) is 23.3 Å². The van der Waals surface area contributed by atoms with Crippen LogP contribution in [0.3, 0.4) is 0 Å². The van der Waals surface area contributed by atoms with Crippen LogP contribution in [-0.4, -0.2) is 11.9 Å². The minimum atomic E-state index is -1.44. The molecule has 0 aliphatic heterocycles. The zero-order valence-corrected chi connectivity index (χ0v) is 22.0. The summed E-state index contributed by atoms with van der Waals surface area (Å²) in [5, 5.41) is 21.7. The summed E-state index contributed by atoms with van der Waals surface area (Å²) in [4.78, 5) is 21.7. The number of hydrogen-bond donors (Lipinski definition) is 0. The molecule has 0 saturated heterocycles. The molecule has 0 aliphatic carbocycles. The van der Waals surface area contributed by atoms with Gasteiger partial charge in [-0.1, -0.05) is 64.0 Å². The Morgan fingerprint density at radius 2 is 1.15 bits per heavy atom. The van der Waals surface area contributed by atoms with Crippen LogP contribution in [0.25, 0.3) is 0 Å². The summed E-state index contributed by atoms with van der Waals surface area (Å²) in [5.74, 6) is -2.84. The van der Waals surface area contributed by atoms with Crippen molar-refractivity contribution < 1.29 is 78.9 Å². The molecule has 6 heteroatoms. The number of hydrogen-bond acceptors (Lipinski definition) is 4. The summed E-state index contributed by atoms with van der Waals surface area (Å²) in [5.41, 5.74) is -0.364. The predicted octanol–water partition coefficient (Wildman–Crippen LogP) is -2.54. The molecule has 0 spiro atoms. The van der Waals surface area contributed by atoms with Gasteiger partial charge in [0.1, 0.15) is 0 Å². The second kappa shape index (κ2) is 22.7. The van der Waals surface area contributed by atoms with Crippen molar-refractivity contribution in [1.82, 2.24) is 0 Å². The fourth-order valence-corrected chi connectivity index (χ4v) is 2.76. The molecule has 0 radical (unpaired) electrons. The summed E-state index contributed by atoms with van der Waals surface area (Å²) in [6, 6.07) is 0. The van der Waals surface area contributed by atoms with E-state index in [1.54, 1.807) is 0 Å². The topological polar surface area (TPSA) is 80.3 Å². The molecule has 0 aromatic heterocycles. The van der Waals surface area contributed by atoms with Crippen molar-refractivity contribution in [1.29, 1.82) is 0 Å². The van der Waals surface area contributed by atoms with Crippen LogP contribution >= 0.6 is 0 Å². The Morgan fingerprint density at radius 1 is 0.704 bits per heavy atom. The molecular weight excluding hydrogens is 362 g/mol. The van der Waals surface area contributed by atoms with E-state index in [0.29, 0.717) is 6.42 Å². The Hall–Kier alpha value is 0.420. The first-order valence-electron chi connectivity index (χ1n) is 9.78. The van der Waals surface area contributed by atoms with E-state index >= 15 is 0 Å². The Bertz CT molecular complexity index is 445. The van der Waals surface area contributed by atoms with E-state index in [4.69, 9.17) is 0 Å². The molecule has 144 valence electrons. The van der Waals surface area contributed by atoms with Gasteiger partial charge in [0.05, 0.1) is 11.9 Å². The van der Waals surface area contributed by atoms with E-state index in [0.717, 1.165) is 32.1 Å². The largest absolute Gasteiger partial charge is 1.00 e. The predicted molar refractivity (Wildman–Crippen MR) is 97.5 cm³/mol. The van der Waals surface area contributed by atoms with Gasteiger partial charge in [0.2, 0.25) is 0 Å². The summed E-state index contributed by atoms with van der Waals surface area (Å²) < 4.78 is 0. The molecule has 0 N–H and O–H groups in total. The Labute approximate surface area is 209 Å². The fraction of sp³-hybridized carbons (Fsp3) is 0.714. The Morgan fingerprint density at radius 3 is 1.59 bits per heavy atom. The molecule has 0 unspecified atom stereocenters. The summed E-state index contributed by atoms with van der Waals surface area (Å²) >= 11 is 0. The van der Waals surface area contributed by atoms with Gasteiger partial charge in [0.25, 0.3) is 0 Å². The van der Waals surface area contributed by atoms with E-state index in [-0.39, 0.29) is 76.7 Å². The van der Waals surface area contributed by atoms with Gasteiger partial charge in [0.15, 0.2) is 0 Å². The maximum absolute atomic E-state index is 10.9. The number of unbranched alkanes of at least 4 members (excludes halogenated alkanes) is 10. The minimum Gasteiger partial charge on any atom is -0.545 e. The molecule has 27 heavy (non-hydrogen) atoms. The van der Waals surface area contributed by atoms with Crippen molar-refractivity contribution in [3.63, 3.8) is 0 Å². The molecule has 0 aliphatic rings. The number of carboxylic acid groups (broad SMARTS) is 2. The van der Waals surface area contributed by atoms with E-state index in [2.05, 4.69) is 19.1 Å². The Balaban J connectivity index is -0.00000288. The second-order valence-electron chi connectivity index (χ2n) is 6.66. The molecule has 0 heterocycles. The van der Waals surface area contributed by atoms with Gasteiger partial charge >= 0.3 is 59.1 Å². The zero-order valence-electron chi connectivity index (χ0n) is 18.0. The van der Waals surface area contributed by atoms with Crippen molar-refractivity contribution >= 4 is 11.9 Å². The Kier molecular flexibility index (Phi) is 27.0. The van der Waals surface area contributed by atoms with Crippen LogP contribution in [0.5, 0.6) is 0 Å². The first kappa shape index (κ1) is 32.1. The SMILES string of the molecule is CCCCCCCC/C=C\CCCCCC/C(C(=O)[O-])=C(\C)C(=O)[O-].[Na+].[Na+]. The maximum Gasteiger partial charge on any atom is 1.00 e. The molecule has 0 aromatic carbocycles. The molecule has 0 saturated carbocycles. The van der Waals surface area contributed by atoms with Crippen LogP contribution in [0.1, 0.15) is 97.3 Å². The average Bonchev–Trinajstić information content (AvgIpc) is 2.57. The summed E-state index contributed by atoms with van der Waals surface area (Å²) in [6.07, 6.45) is 18.5. The third-order valence-corrected chi connectivity index (χ3v) is 4.44. The van der Waals surface area contributed by atoms with Gasteiger partial charge in [-0.15, -0.1) is 0 Å². The number of carbonyl (C=O) groups is 2. The number of rotatable bonds is 16. The van der Waals surface area contributed by atoms with Gasteiger partial charge in [0, 0.05) is 0 Å². The van der Waals surface area contributed by atoms with Crippen molar-refractivity contribution in [2.45, 2.75) is 97.3 Å². The smallest absolute Gasteiger partial charge is 0.545 e. The van der Waals surface area contributed by atoms with Crippen LogP contribution in [0.15, 0.2) is 23.3 Å². The van der Waals surface area contributed by atoms with Crippen molar-refractivity contribution in [3.8, 4) is 0 Å². The minimum absolute atomic E-state index is 0. The number of allylic oxidation sites excluding steroid dienone is 2. The second-order valence-corrected chi connectivity index (χ2v) is 6.66. The molecule has 0 atom stereocenters. The number of carbonyl (C=O) groups excluding carboxylic acids is 2. The average molecular weight is 396 g/mol. The molecular formula is C21H34Na2O4. The van der Waals surface area contributed by atoms with Gasteiger partial charge < -0.3 is 19.8 Å².